The summed E-state index contributed by atoms with van der Waals surface area (Å²) < 4.78 is 58.6. The normalized spacial score (nSPS) is 17.1. The molecular formula is C25H22ClF4N7O3. The Bertz CT molecular complexity index is 1430. The van der Waals surface area contributed by atoms with Gasteiger partial charge in [-0.05, 0) is 30.7 Å². The summed E-state index contributed by atoms with van der Waals surface area (Å²) in [6.07, 6.45) is 0.573. The molecule has 1 atom stereocenters. The average molecular weight is 580 g/mol. The minimum absolute atomic E-state index is 0.00592. The highest BCUT2D eigenvalue weighted by molar-refractivity contribution is 6.31. The molecule has 0 unspecified atom stereocenters. The summed E-state index contributed by atoms with van der Waals surface area (Å²) in [5, 5.41) is 8.03. The zero-order valence-corrected chi connectivity index (χ0v) is 21.6. The van der Waals surface area contributed by atoms with Crippen LogP contribution in [-0.2, 0) is 22.3 Å². The van der Waals surface area contributed by atoms with Crippen molar-refractivity contribution < 1.29 is 31.9 Å². The van der Waals surface area contributed by atoms with Gasteiger partial charge in [0.1, 0.15) is 11.2 Å². The predicted molar refractivity (Wildman–Crippen MR) is 138 cm³/mol. The Morgan fingerprint density at radius 1 is 1.18 bits per heavy atom. The monoisotopic (exact) mass is 579 g/mol. The molecule has 210 valence electrons. The number of pyridine rings is 1. The second kappa shape index (κ2) is 11.9. The topological polar surface area (TPSA) is 130 Å². The van der Waals surface area contributed by atoms with Gasteiger partial charge >= 0.3 is 6.18 Å². The molecule has 0 spiro atoms. The number of ether oxygens (including phenoxy) is 1. The Labute approximate surface area is 230 Å². The smallest absolute Gasteiger partial charge is 0.380 e. The molecule has 0 radical (unpaired) electrons. The number of aliphatic imine (C=N–C) groups is 1. The first-order valence-corrected chi connectivity index (χ1v) is 12.1. The maximum Gasteiger partial charge on any atom is 0.418 e. The van der Waals surface area contributed by atoms with Crippen molar-refractivity contribution in [2.24, 2.45) is 10.4 Å². The van der Waals surface area contributed by atoms with Crippen molar-refractivity contribution in [3.63, 3.8) is 0 Å². The third-order valence-corrected chi connectivity index (χ3v) is 6.28. The van der Waals surface area contributed by atoms with Gasteiger partial charge in [-0.3, -0.25) is 14.6 Å². The van der Waals surface area contributed by atoms with Gasteiger partial charge in [0, 0.05) is 32.3 Å². The number of rotatable bonds is 8. The zero-order chi connectivity index (χ0) is 28.9. The summed E-state index contributed by atoms with van der Waals surface area (Å²) in [4.78, 5) is 41.5. The maximum atomic E-state index is 13.4. The van der Waals surface area contributed by atoms with Crippen LogP contribution in [0.2, 0.25) is 5.02 Å². The number of hydrogen-bond acceptors (Lipinski definition) is 8. The molecule has 0 aliphatic carbocycles. The lowest BCUT2D eigenvalue weighted by molar-refractivity contribution is -0.137. The second-order valence-corrected chi connectivity index (χ2v) is 9.12. The first-order valence-electron chi connectivity index (χ1n) is 11.7. The summed E-state index contributed by atoms with van der Waals surface area (Å²) in [5.41, 5.74) is -2.29. The van der Waals surface area contributed by atoms with Crippen LogP contribution in [0.1, 0.15) is 28.0 Å². The maximum absolute atomic E-state index is 13.4. The molecule has 4 rings (SSSR count). The van der Waals surface area contributed by atoms with Crippen molar-refractivity contribution in [2.75, 3.05) is 30.9 Å². The summed E-state index contributed by atoms with van der Waals surface area (Å²) in [6.45, 7) is 0.148. The third-order valence-electron chi connectivity index (χ3n) is 5.96. The van der Waals surface area contributed by atoms with E-state index >= 15 is 0 Å². The van der Waals surface area contributed by atoms with Crippen LogP contribution in [-0.4, -0.2) is 53.2 Å². The standard InChI is InChI=1S/C25H22ClF4N7O3/c1-31-23-34-8-14(9-35-23)21(38)36-12-24(4-5-40-13-24)22(39)33-11-20-18(26)7-16(10-32-20)37-19-3-2-15(27)6-17(19)25(28,29)30/h2-3,6-10,12,37H,4-5,11,13H2,1H3,(H,33,39)(H,31,34,35)/t24-/m0/s1. The lowest BCUT2D eigenvalue weighted by Gasteiger charge is -2.21. The fourth-order valence-electron chi connectivity index (χ4n) is 3.76. The molecule has 1 aromatic carbocycles. The van der Waals surface area contributed by atoms with E-state index in [2.05, 4.69) is 35.9 Å². The Balaban J connectivity index is 1.43. The van der Waals surface area contributed by atoms with E-state index in [1.54, 1.807) is 7.05 Å². The highest BCUT2D eigenvalue weighted by atomic mass is 35.5. The van der Waals surface area contributed by atoms with Crippen LogP contribution < -0.4 is 16.0 Å². The molecule has 1 fully saturated rings. The van der Waals surface area contributed by atoms with Gasteiger partial charge in [-0.1, -0.05) is 11.6 Å². The van der Waals surface area contributed by atoms with Crippen LogP contribution in [0.15, 0.2) is 47.8 Å². The van der Waals surface area contributed by atoms with Gasteiger partial charge in [0.2, 0.25) is 11.9 Å². The minimum Gasteiger partial charge on any atom is -0.380 e. The largest absolute Gasteiger partial charge is 0.418 e. The van der Waals surface area contributed by atoms with E-state index in [4.69, 9.17) is 16.3 Å². The fraction of sp³-hybridized carbons (Fsp3) is 0.280. The van der Waals surface area contributed by atoms with Crippen LogP contribution in [0.5, 0.6) is 0 Å². The second-order valence-electron chi connectivity index (χ2n) is 8.72. The van der Waals surface area contributed by atoms with Gasteiger partial charge in [0.25, 0.3) is 5.91 Å². The van der Waals surface area contributed by atoms with Gasteiger partial charge in [-0.15, -0.1) is 0 Å². The van der Waals surface area contributed by atoms with E-state index in [0.29, 0.717) is 12.0 Å². The fourth-order valence-corrected chi connectivity index (χ4v) is 4.00. The lowest BCUT2D eigenvalue weighted by atomic mass is 9.87. The number of halogens is 5. The molecule has 1 aliphatic rings. The summed E-state index contributed by atoms with van der Waals surface area (Å²) in [6, 6.07) is 3.56. The molecule has 2 amide bonds. The van der Waals surface area contributed by atoms with Crippen molar-refractivity contribution in [3.05, 3.63) is 70.5 Å². The number of alkyl halides is 3. The highest BCUT2D eigenvalue weighted by Crippen LogP contribution is 2.37. The SMILES string of the molecule is CNc1ncc(C(=O)N=C[C@@]2(C(=O)NCc3ncc(Nc4ccc(F)cc4C(F)(F)F)cc3Cl)CCOC2)cn1. The summed E-state index contributed by atoms with van der Waals surface area (Å²) in [5.74, 6) is -1.82. The number of nitrogens with one attached hydrogen (secondary N) is 3. The average Bonchev–Trinajstić information content (AvgIpc) is 3.42. The number of benzene rings is 1. The molecule has 10 nitrogen and oxygen atoms in total. The molecule has 2 aromatic heterocycles. The van der Waals surface area contributed by atoms with Crippen LogP contribution in [0.3, 0.4) is 0 Å². The zero-order valence-electron chi connectivity index (χ0n) is 20.9. The van der Waals surface area contributed by atoms with Crippen LogP contribution in [0.4, 0.5) is 34.9 Å². The van der Waals surface area contributed by atoms with Crippen LogP contribution in [0.25, 0.3) is 0 Å². The Morgan fingerprint density at radius 3 is 2.55 bits per heavy atom. The van der Waals surface area contributed by atoms with Gasteiger partial charge in [0.15, 0.2) is 0 Å². The number of aromatic nitrogens is 3. The Hall–Kier alpha value is -4.17. The molecule has 1 aliphatic heterocycles. The Kier molecular flexibility index (Phi) is 8.59. The quantitative estimate of drug-likeness (QED) is 0.264. The third kappa shape index (κ3) is 6.69. The van der Waals surface area contributed by atoms with E-state index in [9.17, 15) is 27.2 Å². The van der Waals surface area contributed by atoms with Crippen LogP contribution >= 0.6 is 11.6 Å². The minimum atomic E-state index is -4.79. The van der Waals surface area contributed by atoms with Gasteiger partial charge in [0.05, 0.1) is 52.6 Å². The van der Waals surface area contributed by atoms with Crippen molar-refractivity contribution in [1.82, 2.24) is 20.3 Å². The van der Waals surface area contributed by atoms with E-state index < -0.39 is 34.8 Å². The number of hydrogen-bond donors (Lipinski definition) is 3. The van der Waals surface area contributed by atoms with E-state index in [1.807, 2.05) is 0 Å². The van der Waals surface area contributed by atoms with E-state index in [-0.39, 0.29) is 53.8 Å². The van der Waals surface area contributed by atoms with Gasteiger partial charge in [-0.25, -0.2) is 19.4 Å². The van der Waals surface area contributed by atoms with Crippen molar-refractivity contribution in [2.45, 2.75) is 19.1 Å². The predicted octanol–water partition coefficient (Wildman–Crippen LogP) is 4.40. The van der Waals surface area contributed by atoms with Gasteiger partial charge in [-0.2, -0.15) is 13.2 Å². The van der Waals surface area contributed by atoms with E-state index in [0.717, 1.165) is 12.1 Å². The van der Waals surface area contributed by atoms with Gasteiger partial charge < -0.3 is 20.7 Å². The summed E-state index contributed by atoms with van der Waals surface area (Å²) >= 11 is 6.27. The Morgan fingerprint density at radius 2 is 1.93 bits per heavy atom. The molecule has 0 saturated carbocycles. The molecule has 3 N–H and O–H groups in total. The molecule has 1 saturated heterocycles. The molecule has 40 heavy (non-hydrogen) atoms. The first kappa shape index (κ1) is 28.8. The number of anilines is 3. The van der Waals surface area contributed by atoms with E-state index in [1.165, 1.54) is 30.9 Å². The number of amides is 2. The highest BCUT2D eigenvalue weighted by Gasteiger charge is 2.41. The number of carbonyl (C=O) groups excluding carboxylic acids is 2. The van der Waals surface area contributed by atoms with Crippen molar-refractivity contribution in [3.8, 4) is 0 Å². The summed E-state index contributed by atoms with van der Waals surface area (Å²) in [7, 11) is 1.63. The van der Waals surface area contributed by atoms with Crippen molar-refractivity contribution >= 4 is 47.0 Å². The molecule has 3 aromatic rings. The molecular weight excluding hydrogens is 558 g/mol. The number of carbonyl (C=O) groups is 2. The molecule has 3 heterocycles. The molecule has 15 heteroatoms. The van der Waals surface area contributed by atoms with Crippen molar-refractivity contribution in [1.29, 1.82) is 0 Å². The first-order chi connectivity index (χ1) is 19.0. The number of nitrogens with zero attached hydrogens (tertiary/aromatic N) is 4. The molecule has 0 bridgehead atoms. The van der Waals surface area contributed by atoms with Crippen LogP contribution in [0, 0.1) is 11.2 Å². The lowest BCUT2D eigenvalue weighted by Crippen LogP contribution is -2.42.